The minimum Gasteiger partial charge on any atom is -0.314 e. The molecule has 1 unspecified atom stereocenters. The molecule has 0 saturated carbocycles. The maximum Gasteiger partial charge on any atom is 0.123 e. The second kappa shape index (κ2) is 5.77. The van der Waals surface area contributed by atoms with Gasteiger partial charge in [0.2, 0.25) is 0 Å². The van der Waals surface area contributed by atoms with Crippen LogP contribution in [0.15, 0.2) is 36.0 Å². The fourth-order valence-electron chi connectivity index (χ4n) is 2.50. The van der Waals surface area contributed by atoms with Gasteiger partial charge in [0.25, 0.3) is 0 Å². The fourth-order valence-corrected chi connectivity index (χ4v) is 3.12. The number of halogens is 1. The van der Waals surface area contributed by atoms with Gasteiger partial charge >= 0.3 is 0 Å². The van der Waals surface area contributed by atoms with Crippen molar-refractivity contribution in [1.29, 1.82) is 0 Å². The standard InChI is InChI=1S/C14H16FN3S/c15-12-3-1-2-11(6-12)14-8-16-4-5-18(14)9-13-7-17-10-19-13/h1-3,6-7,10,14,16H,4-5,8-9H2. The highest BCUT2D eigenvalue weighted by molar-refractivity contribution is 7.09. The van der Waals surface area contributed by atoms with Crippen LogP contribution in [-0.2, 0) is 6.54 Å². The number of piperazine rings is 1. The molecule has 5 heteroatoms. The highest BCUT2D eigenvalue weighted by Gasteiger charge is 2.24. The van der Waals surface area contributed by atoms with E-state index in [1.807, 2.05) is 17.8 Å². The number of thiazole rings is 1. The number of hydrogen-bond acceptors (Lipinski definition) is 4. The summed E-state index contributed by atoms with van der Waals surface area (Å²) >= 11 is 1.67. The van der Waals surface area contributed by atoms with Crippen molar-refractivity contribution in [3.8, 4) is 0 Å². The second-order valence-electron chi connectivity index (χ2n) is 4.71. The zero-order valence-electron chi connectivity index (χ0n) is 10.6. The lowest BCUT2D eigenvalue weighted by atomic mass is 10.0. The molecule has 1 aliphatic heterocycles. The number of nitrogens with one attached hydrogen (secondary N) is 1. The summed E-state index contributed by atoms with van der Waals surface area (Å²) in [7, 11) is 0. The van der Waals surface area contributed by atoms with E-state index in [1.165, 1.54) is 10.9 Å². The van der Waals surface area contributed by atoms with Crippen molar-refractivity contribution in [2.24, 2.45) is 0 Å². The monoisotopic (exact) mass is 277 g/mol. The maximum absolute atomic E-state index is 13.4. The quantitative estimate of drug-likeness (QED) is 0.934. The van der Waals surface area contributed by atoms with Crippen molar-refractivity contribution >= 4 is 11.3 Å². The molecule has 1 atom stereocenters. The summed E-state index contributed by atoms with van der Waals surface area (Å²) in [5.41, 5.74) is 2.89. The Labute approximate surface area is 116 Å². The Balaban J connectivity index is 1.80. The molecule has 100 valence electrons. The van der Waals surface area contributed by atoms with Gasteiger partial charge in [0.05, 0.1) is 5.51 Å². The molecular weight excluding hydrogens is 261 g/mol. The summed E-state index contributed by atoms with van der Waals surface area (Å²) in [4.78, 5) is 7.76. The molecule has 1 N–H and O–H groups in total. The van der Waals surface area contributed by atoms with Crippen molar-refractivity contribution in [1.82, 2.24) is 15.2 Å². The third-order valence-electron chi connectivity index (χ3n) is 3.43. The van der Waals surface area contributed by atoms with Gasteiger partial charge in [0.15, 0.2) is 0 Å². The molecule has 0 amide bonds. The van der Waals surface area contributed by atoms with Crippen LogP contribution in [0.2, 0.25) is 0 Å². The van der Waals surface area contributed by atoms with Crippen LogP contribution in [0.1, 0.15) is 16.5 Å². The van der Waals surface area contributed by atoms with Crippen molar-refractivity contribution in [3.05, 3.63) is 52.2 Å². The fraction of sp³-hybridized carbons (Fsp3) is 0.357. The Morgan fingerprint density at radius 3 is 3.21 bits per heavy atom. The van der Waals surface area contributed by atoms with E-state index >= 15 is 0 Å². The summed E-state index contributed by atoms with van der Waals surface area (Å²) in [6.45, 7) is 3.69. The normalized spacial score (nSPS) is 20.6. The van der Waals surface area contributed by atoms with Gasteiger partial charge in [-0.3, -0.25) is 9.88 Å². The van der Waals surface area contributed by atoms with Gasteiger partial charge < -0.3 is 5.32 Å². The van der Waals surface area contributed by atoms with Crippen LogP contribution < -0.4 is 5.32 Å². The summed E-state index contributed by atoms with van der Waals surface area (Å²) in [5, 5.41) is 3.39. The molecule has 3 nitrogen and oxygen atoms in total. The van der Waals surface area contributed by atoms with Gasteiger partial charge in [0, 0.05) is 43.3 Å². The predicted molar refractivity (Wildman–Crippen MR) is 74.5 cm³/mol. The SMILES string of the molecule is Fc1cccc(C2CNCCN2Cc2cncs2)c1. The van der Waals surface area contributed by atoms with Crippen LogP contribution in [0.3, 0.4) is 0 Å². The maximum atomic E-state index is 13.4. The third kappa shape index (κ3) is 3.00. The minimum atomic E-state index is -0.166. The molecule has 1 aromatic heterocycles. The molecule has 0 spiro atoms. The first-order valence-corrected chi connectivity index (χ1v) is 7.28. The van der Waals surface area contributed by atoms with E-state index in [9.17, 15) is 4.39 Å². The van der Waals surface area contributed by atoms with Crippen molar-refractivity contribution in [2.45, 2.75) is 12.6 Å². The van der Waals surface area contributed by atoms with E-state index in [-0.39, 0.29) is 11.9 Å². The minimum absolute atomic E-state index is 0.166. The summed E-state index contributed by atoms with van der Waals surface area (Å²) in [6.07, 6.45) is 1.91. The Bertz CT molecular complexity index is 529. The Hall–Kier alpha value is -1.30. The molecule has 2 heterocycles. The van der Waals surface area contributed by atoms with Crippen LogP contribution in [0.5, 0.6) is 0 Å². The van der Waals surface area contributed by atoms with E-state index < -0.39 is 0 Å². The Kier molecular flexibility index (Phi) is 3.87. The van der Waals surface area contributed by atoms with Crippen LogP contribution >= 0.6 is 11.3 Å². The van der Waals surface area contributed by atoms with Crippen molar-refractivity contribution in [2.75, 3.05) is 19.6 Å². The molecule has 2 aromatic rings. The van der Waals surface area contributed by atoms with Gasteiger partial charge in [-0.05, 0) is 17.7 Å². The number of benzene rings is 1. The van der Waals surface area contributed by atoms with Crippen molar-refractivity contribution in [3.63, 3.8) is 0 Å². The summed E-state index contributed by atoms with van der Waals surface area (Å²) < 4.78 is 13.4. The van der Waals surface area contributed by atoms with Gasteiger partial charge in [-0.25, -0.2) is 4.39 Å². The molecule has 19 heavy (non-hydrogen) atoms. The lowest BCUT2D eigenvalue weighted by Gasteiger charge is -2.36. The van der Waals surface area contributed by atoms with Crippen LogP contribution in [0.25, 0.3) is 0 Å². The first-order valence-electron chi connectivity index (χ1n) is 6.40. The van der Waals surface area contributed by atoms with Gasteiger partial charge in [-0.1, -0.05) is 12.1 Å². The highest BCUT2D eigenvalue weighted by atomic mass is 32.1. The van der Waals surface area contributed by atoms with Crippen LogP contribution in [0, 0.1) is 5.82 Å². The number of aromatic nitrogens is 1. The zero-order valence-corrected chi connectivity index (χ0v) is 11.4. The Morgan fingerprint density at radius 2 is 2.42 bits per heavy atom. The lowest BCUT2D eigenvalue weighted by Crippen LogP contribution is -2.45. The molecular formula is C14H16FN3S. The lowest BCUT2D eigenvalue weighted by molar-refractivity contribution is 0.155. The second-order valence-corrected chi connectivity index (χ2v) is 5.68. The molecule has 1 fully saturated rings. The van der Waals surface area contributed by atoms with Gasteiger partial charge in [0.1, 0.15) is 5.82 Å². The van der Waals surface area contributed by atoms with E-state index in [0.29, 0.717) is 0 Å². The topological polar surface area (TPSA) is 28.2 Å². The molecule has 1 aliphatic rings. The van der Waals surface area contributed by atoms with Gasteiger partial charge in [-0.15, -0.1) is 11.3 Å². The van der Waals surface area contributed by atoms with E-state index in [4.69, 9.17) is 0 Å². The average molecular weight is 277 g/mol. The Morgan fingerprint density at radius 1 is 1.47 bits per heavy atom. The van der Waals surface area contributed by atoms with E-state index in [1.54, 1.807) is 23.5 Å². The third-order valence-corrected chi connectivity index (χ3v) is 4.19. The number of rotatable bonds is 3. The van der Waals surface area contributed by atoms with E-state index in [0.717, 1.165) is 31.7 Å². The molecule has 1 saturated heterocycles. The van der Waals surface area contributed by atoms with Crippen molar-refractivity contribution < 1.29 is 4.39 Å². The first kappa shape index (κ1) is 12.7. The summed E-state index contributed by atoms with van der Waals surface area (Å²) in [6, 6.07) is 7.14. The average Bonchev–Trinajstić information content (AvgIpc) is 2.92. The molecule has 1 aromatic carbocycles. The predicted octanol–water partition coefficient (Wildman–Crippen LogP) is 2.43. The summed E-state index contributed by atoms with van der Waals surface area (Å²) in [5.74, 6) is -0.166. The highest BCUT2D eigenvalue weighted by Crippen LogP contribution is 2.25. The smallest absolute Gasteiger partial charge is 0.123 e. The zero-order chi connectivity index (χ0) is 13.1. The molecule has 0 bridgehead atoms. The van der Waals surface area contributed by atoms with E-state index in [2.05, 4.69) is 15.2 Å². The van der Waals surface area contributed by atoms with Gasteiger partial charge in [-0.2, -0.15) is 0 Å². The first-order chi connectivity index (χ1) is 9.33. The molecule has 0 aliphatic carbocycles. The molecule has 0 radical (unpaired) electrons. The number of hydrogen-bond donors (Lipinski definition) is 1. The molecule has 3 rings (SSSR count). The largest absolute Gasteiger partial charge is 0.314 e. The van der Waals surface area contributed by atoms with Crippen LogP contribution in [-0.4, -0.2) is 29.5 Å². The van der Waals surface area contributed by atoms with Crippen LogP contribution in [0.4, 0.5) is 4.39 Å². The number of nitrogens with zero attached hydrogens (tertiary/aromatic N) is 2.